The zero-order chi connectivity index (χ0) is 14.3. The highest BCUT2D eigenvalue weighted by Gasteiger charge is 2.29. The number of thioether (sulfide) groups is 1. The summed E-state index contributed by atoms with van der Waals surface area (Å²) in [6.07, 6.45) is 2.65. The van der Waals surface area contributed by atoms with Gasteiger partial charge in [-0.2, -0.15) is 11.8 Å². The van der Waals surface area contributed by atoms with Gasteiger partial charge in [-0.05, 0) is 42.7 Å². The first-order valence-corrected chi connectivity index (χ1v) is 9.25. The molecule has 19 heavy (non-hydrogen) atoms. The highest BCUT2D eigenvalue weighted by atomic mass is 32.2. The highest BCUT2D eigenvalue weighted by Crippen LogP contribution is 2.19. The maximum atomic E-state index is 3.77. The first-order valence-electron chi connectivity index (χ1n) is 8.09. The van der Waals surface area contributed by atoms with Crippen LogP contribution in [0.25, 0.3) is 0 Å². The molecule has 2 atom stereocenters. The summed E-state index contributed by atoms with van der Waals surface area (Å²) in [6, 6.07) is 1.43. The van der Waals surface area contributed by atoms with Crippen LogP contribution in [0.4, 0.5) is 0 Å². The molecular weight excluding hydrogens is 252 g/mol. The van der Waals surface area contributed by atoms with Crippen molar-refractivity contribution in [2.24, 2.45) is 11.8 Å². The van der Waals surface area contributed by atoms with Crippen molar-refractivity contribution in [2.45, 2.75) is 59.5 Å². The minimum atomic E-state index is 0.703. The Kier molecular flexibility index (Phi) is 8.43. The smallest absolute Gasteiger partial charge is 0.0244 e. The lowest BCUT2D eigenvalue weighted by molar-refractivity contribution is 0.0927. The van der Waals surface area contributed by atoms with E-state index >= 15 is 0 Å². The van der Waals surface area contributed by atoms with Crippen LogP contribution in [0.1, 0.15) is 47.5 Å². The third-order valence-electron chi connectivity index (χ3n) is 4.00. The van der Waals surface area contributed by atoms with Gasteiger partial charge >= 0.3 is 0 Å². The minimum Gasteiger partial charge on any atom is -0.311 e. The molecule has 3 heteroatoms. The van der Waals surface area contributed by atoms with Crippen molar-refractivity contribution in [1.29, 1.82) is 0 Å². The van der Waals surface area contributed by atoms with Gasteiger partial charge < -0.3 is 5.32 Å². The molecule has 0 radical (unpaired) electrons. The molecular formula is C16H34N2S. The quantitative estimate of drug-likeness (QED) is 0.688. The minimum absolute atomic E-state index is 0.703. The van der Waals surface area contributed by atoms with Crippen molar-refractivity contribution >= 4 is 11.8 Å². The average Bonchev–Trinajstić information content (AvgIpc) is 2.34. The van der Waals surface area contributed by atoms with E-state index in [4.69, 9.17) is 0 Å². The van der Waals surface area contributed by atoms with E-state index in [0.717, 1.165) is 17.9 Å². The van der Waals surface area contributed by atoms with E-state index in [2.05, 4.69) is 56.6 Å². The summed E-state index contributed by atoms with van der Waals surface area (Å²) in [5.74, 6) is 4.13. The van der Waals surface area contributed by atoms with Gasteiger partial charge in [0.15, 0.2) is 0 Å². The molecule has 1 fully saturated rings. The molecule has 1 saturated heterocycles. The van der Waals surface area contributed by atoms with Crippen LogP contribution in [0.15, 0.2) is 0 Å². The van der Waals surface area contributed by atoms with Gasteiger partial charge in [0.2, 0.25) is 0 Å². The molecule has 1 aliphatic heterocycles. The average molecular weight is 287 g/mol. The number of hydrogen-bond donors (Lipinski definition) is 1. The molecule has 0 bridgehead atoms. The Morgan fingerprint density at radius 1 is 1.26 bits per heavy atom. The Hall–Kier alpha value is 0.270. The first kappa shape index (κ1) is 17.3. The molecule has 1 aliphatic rings. The van der Waals surface area contributed by atoms with Crippen molar-refractivity contribution in [3.63, 3.8) is 0 Å². The van der Waals surface area contributed by atoms with Crippen LogP contribution < -0.4 is 5.32 Å². The SMILES string of the molecule is CCSCCCN1CC(CC(C)C)NCC1C(C)C. The zero-order valence-corrected chi connectivity index (χ0v) is 14.4. The maximum absolute atomic E-state index is 3.77. The van der Waals surface area contributed by atoms with Gasteiger partial charge in [0, 0.05) is 25.2 Å². The van der Waals surface area contributed by atoms with Crippen LogP contribution in [0.5, 0.6) is 0 Å². The summed E-state index contributed by atoms with van der Waals surface area (Å²) in [4.78, 5) is 2.75. The number of hydrogen-bond acceptors (Lipinski definition) is 3. The van der Waals surface area contributed by atoms with E-state index in [-0.39, 0.29) is 0 Å². The molecule has 0 aliphatic carbocycles. The van der Waals surface area contributed by atoms with Crippen molar-refractivity contribution < 1.29 is 0 Å². The van der Waals surface area contributed by atoms with Gasteiger partial charge in [0.25, 0.3) is 0 Å². The van der Waals surface area contributed by atoms with Crippen molar-refractivity contribution in [1.82, 2.24) is 10.2 Å². The van der Waals surface area contributed by atoms with Crippen molar-refractivity contribution in [2.75, 3.05) is 31.1 Å². The van der Waals surface area contributed by atoms with Crippen LogP contribution in [0.2, 0.25) is 0 Å². The van der Waals surface area contributed by atoms with Crippen LogP contribution in [-0.4, -0.2) is 48.1 Å². The predicted octanol–water partition coefficient (Wildman–Crippen LogP) is 3.47. The third kappa shape index (κ3) is 6.50. The Morgan fingerprint density at radius 3 is 2.58 bits per heavy atom. The molecule has 0 aromatic rings. The molecule has 2 nitrogen and oxygen atoms in total. The van der Waals surface area contributed by atoms with Gasteiger partial charge in [-0.3, -0.25) is 4.90 Å². The summed E-state index contributed by atoms with van der Waals surface area (Å²) in [7, 11) is 0. The number of nitrogens with zero attached hydrogens (tertiary/aromatic N) is 1. The number of piperazine rings is 1. The number of nitrogens with one attached hydrogen (secondary N) is 1. The topological polar surface area (TPSA) is 15.3 Å². The van der Waals surface area contributed by atoms with Crippen LogP contribution >= 0.6 is 11.8 Å². The summed E-state index contributed by atoms with van der Waals surface area (Å²) in [5, 5.41) is 3.77. The second-order valence-electron chi connectivity index (χ2n) is 6.59. The van der Waals surface area contributed by atoms with Gasteiger partial charge in [-0.15, -0.1) is 0 Å². The van der Waals surface area contributed by atoms with E-state index in [0.29, 0.717) is 6.04 Å². The van der Waals surface area contributed by atoms with Gasteiger partial charge in [0.1, 0.15) is 0 Å². The van der Waals surface area contributed by atoms with E-state index in [1.807, 2.05) is 0 Å². The maximum Gasteiger partial charge on any atom is 0.0244 e. The number of rotatable bonds is 8. The van der Waals surface area contributed by atoms with E-state index in [9.17, 15) is 0 Å². The molecule has 0 aromatic heterocycles. The van der Waals surface area contributed by atoms with E-state index in [1.165, 1.54) is 44.0 Å². The molecule has 0 amide bonds. The summed E-state index contributed by atoms with van der Waals surface area (Å²) in [5.41, 5.74) is 0. The lowest BCUT2D eigenvalue weighted by atomic mass is 9.95. The zero-order valence-electron chi connectivity index (χ0n) is 13.6. The molecule has 2 unspecified atom stereocenters. The lowest BCUT2D eigenvalue weighted by Gasteiger charge is -2.43. The molecule has 1 heterocycles. The second kappa shape index (κ2) is 9.25. The summed E-state index contributed by atoms with van der Waals surface area (Å²) in [6.45, 7) is 15.4. The molecule has 0 aromatic carbocycles. The van der Waals surface area contributed by atoms with Crippen LogP contribution in [0, 0.1) is 11.8 Å². The molecule has 1 rings (SSSR count). The van der Waals surface area contributed by atoms with Crippen molar-refractivity contribution in [3.8, 4) is 0 Å². The fourth-order valence-electron chi connectivity index (χ4n) is 3.05. The monoisotopic (exact) mass is 286 g/mol. The first-order chi connectivity index (χ1) is 9.04. The Balaban J connectivity index is 2.43. The second-order valence-corrected chi connectivity index (χ2v) is 7.99. The van der Waals surface area contributed by atoms with Crippen molar-refractivity contribution in [3.05, 3.63) is 0 Å². The van der Waals surface area contributed by atoms with Gasteiger partial charge in [0.05, 0.1) is 0 Å². The van der Waals surface area contributed by atoms with E-state index < -0.39 is 0 Å². The third-order valence-corrected chi connectivity index (χ3v) is 4.99. The van der Waals surface area contributed by atoms with Crippen LogP contribution in [0.3, 0.4) is 0 Å². The summed E-state index contributed by atoms with van der Waals surface area (Å²) >= 11 is 2.08. The standard InChI is InChI=1S/C16H34N2S/c1-6-19-9-7-8-18-12-15(10-13(2)3)17-11-16(18)14(4)5/h13-17H,6-12H2,1-5H3. The largest absolute Gasteiger partial charge is 0.311 e. The molecule has 0 saturated carbocycles. The molecule has 114 valence electrons. The van der Waals surface area contributed by atoms with Gasteiger partial charge in [-0.25, -0.2) is 0 Å². The van der Waals surface area contributed by atoms with E-state index in [1.54, 1.807) is 0 Å². The molecule has 1 N–H and O–H groups in total. The summed E-state index contributed by atoms with van der Waals surface area (Å²) < 4.78 is 0. The van der Waals surface area contributed by atoms with Gasteiger partial charge in [-0.1, -0.05) is 34.6 Å². The fraction of sp³-hybridized carbons (Fsp3) is 1.00. The normalized spacial score (nSPS) is 25.4. The Morgan fingerprint density at radius 2 is 2.00 bits per heavy atom. The Labute approximate surface area is 125 Å². The predicted molar refractivity (Wildman–Crippen MR) is 89.1 cm³/mol. The fourth-order valence-corrected chi connectivity index (χ4v) is 3.68. The Bertz CT molecular complexity index is 231. The van der Waals surface area contributed by atoms with Crippen LogP contribution in [-0.2, 0) is 0 Å². The molecule has 0 spiro atoms. The highest BCUT2D eigenvalue weighted by molar-refractivity contribution is 7.99. The lowest BCUT2D eigenvalue weighted by Crippen LogP contribution is -2.58.